The Hall–Kier alpha value is -2.99. The van der Waals surface area contributed by atoms with Gasteiger partial charge in [-0.1, -0.05) is 44.2 Å². The number of pyridine rings is 1. The van der Waals surface area contributed by atoms with Gasteiger partial charge in [-0.2, -0.15) is 0 Å². The lowest BCUT2D eigenvalue weighted by atomic mass is 9.81. The molecule has 3 heterocycles. The highest BCUT2D eigenvalue weighted by molar-refractivity contribution is 7.10. The second-order valence-corrected chi connectivity index (χ2v) is 8.56. The number of nitrogens with zero attached hydrogens (tertiary/aromatic N) is 2. The van der Waals surface area contributed by atoms with Gasteiger partial charge in [0.25, 0.3) is 5.91 Å². The smallest absolute Gasteiger partial charge is 0.254 e. The molecule has 2 atom stereocenters. The van der Waals surface area contributed by atoms with Gasteiger partial charge in [-0.15, -0.1) is 11.3 Å². The molecule has 0 saturated heterocycles. The molecular weight excluding hydrogens is 382 g/mol. The Morgan fingerprint density at radius 1 is 1.14 bits per heavy atom. The summed E-state index contributed by atoms with van der Waals surface area (Å²) in [7, 11) is 0. The quantitative estimate of drug-likeness (QED) is 0.668. The maximum Gasteiger partial charge on any atom is 0.254 e. The van der Waals surface area contributed by atoms with Gasteiger partial charge >= 0.3 is 0 Å². The number of thiophene rings is 1. The summed E-state index contributed by atoms with van der Waals surface area (Å²) in [6.45, 7) is 4.76. The van der Waals surface area contributed by atoms with Crippen molar-refractivity contribution in [3.63, 3.8) is 0 Å². The predicted octanol–water partition coefficient (Wildman–Crippen LogP) is 4.72. The van der Waals surface area contributed by atoms with E-state index in [0.29, 0.717) is 17.9 Å². The van der Waals surface area contributed by atoms with E-state index in [-0.39, 0.29) is 23.8 Å². The minimum Gasteiger partial charge on any atom is -0.329 e. The number of rotatable bonds is 5. The van der Waals surface area contributed by atoms with Gasteiger partial charge in [0, 0.05) is 23.2 Å². The van der Waals surface area contributed by atoms with Crippen LogP contribution in [0.3, 0.4) is 0 Å². The molecule has 5 nitrogen and oxygen atoms in total. The number of carbonyl (C=O) groups excluding carboxylic acids is 2. The van der Waals surface area contributed by atoms with Gasteiger partial charge in [0.15, 0.2) is 0 Å². The van der Waals surface area contributed by atoms with E-state index in [1.807, 2.05) is 58.8 Å². The number of aromatic nitrogens is 1. The number of carbonyl (C=O) groups is 2. The van der Waals surface area contributed by atoms with Gasteiger partial charge in [-0.05, 0) is 41.1 Å². The molecule has 2 aromatic heterocycles. The van der Waals surface area contributed by atoms with Gasteiger partial charge in [0.05, 0.1) is 12.0 Å². The molecule has 0 radical (unpaired) electrons. The van der Waals surface area contributed by atoms with E-state index in [4.69, 9.17) is 0 Å². The Morgan fingerprint density at radius 3 is 2.62 bits per heavy atom. The molecule has 0 saturated carbocycles. The SMILES string of the molecule is CC(C)CN1C(=O)c2ccccc2[C@H](C(=O)Nc2ccccn2)[C@@H]1c1cccs1. The molecule has 4 rings (SSSR count). The number of hydrogen-bond acceptors (Lipinski definition) is 4. The summed E-state index contributed by atoms with van der Waals surface area (Å²) in [6, 6.07) is 16.5. The molecule has 148 valence electrons. The Labute approximate surface area is 174 Å². The summed E-state index contributed by atoms with van der Waals surface area (Å²) in [6.07, 6.45) is 1.65. The van der Waals surface area contributed by atoms with Crippen LogP contribution in [-0.2, 0) is 4.79 Å². The fraction of sp³-hybridized carbons (Fsp3) is 0.261. The molecule has 0 bridgehead atoms. The summed E-state index contributed by atoms with van der Waals surface area (Å²) in [5.41, 5.74) is 1.37. The number of anilines is 1. The molecule has 3 aromatic rings. The van der Waals surface area contributed by atoms with Crippen LogP contribution in [0.2, 0.25) is 0 Å². The minimum atomic E-state index is -0.511. The van der Waals surface area contributed by atoms with Crippen molar-refractivity contribution in [2.24, 2.45) is 5.92 Å². The predicted molar refractivity (Wildman–Crippen MR) is 115 cm³/mol. The first-order valence-electron chi connectivity index (χ1n) is 9.71. The molecule has 2 amide bonds. The van der Waals surface area contributed by atoms with E-state index >= 15 is 0 Å². The first-order chi connectivity index (χ1) is 14.1. The second kappa shape index (κ2) is 8.17. The van der Waals surface area contributed by atoms with Crippen molar-refractivity contribution < 1.29 is 9.59 Å². The third-order valence-corrected chi connectivity index (χ3v) is 5.98. The van der Waals surface area contributed by atoms with Gasteiger partial charge in [-0.3, -0.25) is 9.59 Å². The molecule has 0 spiro atoms. The fourth-order valence-corrected chi connectivity index (χ4v) is 4.76. The van der Waals surface area contributed by atoms with Crippen LogP contribution < -0.4 is 5.32 Å². The summed E-state index contributed by atoms with van der Waals surface area (Å²) in [4.78, 5) is 34.0. The lowest BCUT2D eigenvalue weighted by Crippen LogP contribution is -2.47. The molecular formula is C23H23N3O2S. The van der Waals surface area contributed by atoms with Gasteiger partial charge in [0.1, 0.15) is 5.82 Å². The number of nitrogens with one attached hydrogen (secondary N) is 1. The van der Waals surface area contributed by atoms with Crippen molar-refractivity contribution >= 4 is 29.0 Å². The monoisotopic (exact) mass is 405 g/mol. The van der Waals surface area contributed by atoms with Crippen LogP contribution in [0.5, 0.6) is 0 Å². The topological polar surface area (TPSA) is 62.3 Å². The number of amides is 2. The van der Waals surface area contributed by atoms with Crippen LogP contribution in [0.25, 0.3) is 0 Å². The average Bonchev–Trinajstić information content (AvgIpc) is 3.24. The summed E-state index contributed by atoms with van der Waals surface area (Å²) >= 11 is 1.57. The number of fused-ring (bicyclic) bond motifs is 1. The lowest BCUT2D eigenvalue weighted by Gasteiger charge is -2.41. The highest BCUT2D eigenvalue weighted by atomic mass is 32.1. The maximum atomic E-state index is 13.5. The van der Waals surface area contributed by atoms with Crippen LogP contribution in [0.1, 0.15) is 46.6 Å². The Morgan fingerprint density at radius 2 is 1.93 bits per heavy atom. The number of benzene rings is 1. The van der Waals surface area contributed by atoms with Crippen LogP contribution in [0, 0.1) is 5.92 Å². The van der Waals surface area contributed by atoms with Crippen LogP contribution in [0.4, 0.5) is 5.82 Å². The van der Waals surface area contributed by atoms with Gasteiger partial charge in [0.2, 0.25) is 5.91 Å². The lowest BCUT2D eigenvalue weighted by molar-refractivity contribution is -0.119. The van der Waals surface area contributed by atoms with Crippen molar-refractivity contribution in [3.8, 4) is 0 Å². The van der Waals surface area contributed by atoms with E-state index in [2.05, 4.69) is 24.1 Å². The zero-order chi connectivity index (χ0) is 20.4. The maximum absolute atomic E-state index is 13.5. The Bertz CT molecular complexity index is 1000. The van der Waals surface area contributed by atoms with Crippen molar-refractivity contribution in [2.75, 3.05) is 11.9 Å². The average molecular weight is 406 g/mol. The van der Waals surface area contributed by atoms with Crippen molar-refractivity contribution in [1.29, 1.82) is 0 Å². The molecule has 0 aliphatic carbocycles. The zero-order valence-corrected chi connectivity index (χ0v) is 17.2. The normalized spacial score (nSPS) is 18.6. The first-order valence-corrected chi connectivity index (χ1v) is 10.6. The summed E-state index contributed by atoms with van der Waals surface area (Å²) < 4.78 is 0. The standard InChI is InChI=1S/C23H23N3O2S/c1-15(2)14-26-21(18-10-7-13-29-18)20(16-8-3-4-9-17(16)23(26)28)22(27)25-19-11-5-6-12-24-19/h3-13,15,20-21H,14H2,1-2H3,(H,24,25,27)/t20-,21-/m0/s1. The fourth-order valence-electron chi connectivity index (χ4n) is 3.89. The van der Waals surface area contributed by atoms with Crippen molar-refractivity contribution in [2.45, 2.75) is 25.8 Å². The summed E-state index contributed by atoms with van der Waals surface area (Å²) in [5, 5.41) is 4.94. The van der Waals surface area contributed by atoms with Crippen LogP contribution >= 0.6 is 11.3 Å². The molecule has 1 N–H and O–H groups in total. The van der Waals surface area contributed by atoms with Crippen LogP contribution in [-0.4, -0.2) is 28.2 Å². The van der Waals surface area contributed by atoms with Crippen molar-refractivity contribution in [3.05, 3.63) is 82.2 Å². The molecule has 1 aliphatic heterocycles. The molecule has 1 aliphatic rings. The summed E-state index contributed by atoms with van der Waals surface area (Å²) in [5.74, 6) is 0.104. The van der Waals surface area contributed by atoms with E-state index in [1.54, 1.807) is 23.6 Å². The first kappa shape index (κ1) is 19.3. The van der Waals surface area contributed by atoms with E-state index < -0.39 is 5.92 Å². The number of hydrogen-bond donors (Lipinski definition) is 1. The minimum absolute atomic E-state index is 0.0189. The van der Waals surface area contributed by atoms with Crippen molar-refractivity contribution in [1.82, 2.24) is 9.88 Å². The molecule has 0 fully saturated rings. The third kappa shape index (κ3) is 3.80. The highest BCUT2D eigenvalue weighted by Gasteiger charge is 2.44. The van der Waals surface area contributed by atoms with Gasteiger partial charge in [-0.25, -0.2) is 4.98 Å². The molecule has 1 aromatic carbocycles. The van der Waals surface area contributed by atoms with E-state index in [0.717, 1.165) is 10.4 Å². The third-order valence-electron chi connectivity index (χ3n) is 5.03. The Kier molecular flexibility index (Phi) is 5.45. The Balaban J connectivity index is 1.82. The zero-order valence-electron chi connectivity index (χ0n) is 16.4. The van der Waals surface area contributed by atoms with E-state index in [9.17, 15) is 9.59 Å². The van der Waals surface area contributed by atoms with E-state index in [1.165, 1.54) is 0 Å². The second-order valence-electron chi connectivity index (χ2n) is 7.58. The van der Waals surface area contributed by atoms with Crippen LogP contribution in [0.15, 0.2) is 66.2 Å². The van der Waals surface area contributed by atoms with Gasteiger partial charge < -0.3 is 10.2 Å². The molecule has 0 unspecified atom stereocenters. The molecule has 6 heteroatoms. The highest BCUT2D eigenvalue weighted by Crippen LogP contribution is 2.44. The largest absolute Gasteiger partial charge is 0.329 e. The molecule has 29 heavy (non-hydrogen) atoms.